The molecule has 0 aromatic carbocycles. The molecule has 1 amide bonds. The van der Waals surface area contributed by atoms with E-state index >= 15 is 0 Å². The smallest absolute Gasteiger partial charge is 0.253 e. The third-order valence-electron chi connectivity index (χ3n) is 4.50. The molecule has 5 nitrogen and oxygen atoms in total. The molecule has 0 bridgehead atoms. The van der Waals surface area contributed by atoms with E-state index in [1.807, 2.05) is 4.90 Å². The average molecular weight is 347 g/mol. The number of thiophene rings is 1. The number of carbonyl (C=O) groups excluding carboxylic acids is 1. The second-order valence-corrected chi connectivity index (χ2v) is 6.99. The van der Waals surface area contributed by atoms with Crippen molar-refractivity contribution in [1.82, 2.24) is 9.88 Å². The summed E-state index contributed by atoms with van der Waals surface area (Å²) in [5.41, 5.74) is 1.23. The fourth-order valence-electron chi connectivity index (χ4n) is 3.24. The number of halogens is 1. The summed E-state index contributed by atoms with van der Waals surface area (Å²) in [6.45, 7) is 2.61. The molecule has 2 aliphatic rings. The van der Waals surface area contributed by atoms with Crippen molar-refractivity contribution in [3.05, 3.63) is 46.0 Å². The minimum atomic E-state index is -0.569. The molecule has 2 aromatic rings. The Morgan fingerprint density at radius 2 is 2.29 bits per heavy atom. The number of hydrogen-bond acceptors (Lipinski definition) is 5. The first-order valence-electron chi connectivity index (χ1n) is 8.03. The number of aromatic nitrogens is 1. The highest BCUT2D eigenvalue weighted by atomic mass is 32.1. The minimum absolute atomic E-state index is 0.0205. The Hall–Kier alpha value is -1.99. The van der Waals surface area contributed by atoms with Crippen LogP contribution in [0.4, 0.5) is 10.2 Å². The standard InChI is InChI=1S/C17H18FN3O2S/c18-13-2-1-5-19-16(13)20-7-8-23-14(11-20)17(22)21-6-3-15-12(10-21)4-9-24-15/h1-2,4-5,9,14H,3,6-8,10-11H2. The molecule has 1 unspecified atom stereocenters. The average Bonchev–Trinajstić information content (AvgIpc) is 3.09. The van der Waals surface area contributed by atoms with Gasteiger partial charge in [-0.2, -0.15) is 0 Å². The second kappa shape index (κ2) is 6.49. The Morgan fingerprint density at radius 1 is 1.38 bits per heavy atom. The van der Waals surface area contributed by atoms with Gasteiger partial charge in [-0.3, -0.25) is 4.79 Å². The van der Waals surface area contributed by atoms with E-state index in [0.717, 1.165) is 6.42 Å². The predicted octanol–water partition coefficient (Wildman–Crippen LogP) is 2.07. The molecule has 0 radical (unpaired) electrons. The van der Waals surface area contributed by atoms with Gasteiger partial charge in [0.05, 0.1) is 13.2 Å². The van der Waals surface area contributed by atoms with Crippen LogP contribution < -0.4 is 4.90 Å². The van der Waals surface area contributed by atoms with E-state index in [4.69, 9.17) is 4.74 Å². The maximum absolute atomic E-state index is 13.9. The van der Waals surface area contributed by atoms with E-state index in [-0.39, 0.29) is 17.5 Å². The van der Waals surface area contributed by atoms with E-state index in [1.54, 1.807) is 28.5 Å². The summed E-state index contributed by atoms with van der Waals surface area (Å²) < 4.78 is 19.6. The molecule has 126 valence electrons. The van der Waals surface area contributed by atoms with Crippen molar-refractivity contribution in [3.63, 3.8) is 0 Å². The largest absolute Gasteiger partial charge is 0.365 e. The Morgan fingerprint density at radius 3 is 3.17 bits per heavy atom. The maximum atomic E-state index is 13.9. The molecule has 0 N–H and O–H groups in total. The molecular weight excluding hydrogens is 329 g/mol. The zero-order valence-corrected chi connectivity index (χ0v) is 14.0. The van der Waals surface area contributed by atoms with Crippen LogP contribution in [0.15, 0.2) is 29.8 Å². The van der Waals surface area contributed by atoms with Crippen molar-refractivity contribution in [2.24, 2.45) is 0 Å². The molecule has 0 saturated carbocycles. The molecular formula is C17H18FN3O2S. The second-order valence-electron chi connectivity index (χ2n) is 5.99. The Kier molecular flexibility index (Phi) is 4.20. The summed E-state index contributed by atoms with van der Waals surface area (Å²) in [4.78, 5) is 21.9. The van der Waals surface area contributed by atoms with E-state index in [2.05, 4.69) is 16.4 Å². The molecule has 0 aliphatic carbocycles. The number of hydrogen-bond donors (Lipinski definition) is 0. The monoisotopic (exact) mass is 347 g/mol. The summed E-state index contributed by atoms with van der Waals surface area (Å²) in [6.07, 6.45) is 1.89. The van der Waals surface area contributed by atoms with Crippen molar-refractivity contribution < 1.29 is 13.9 Å². The molecule has 1 atom stereocenters. The normalized spacial score (nSPS) is 20.8. The Balaban J connectivity index is 1.46. The third-order valence-corrected chi connectivity index (χ3v) is 5.52. The minimum Gasteiger partial charge on any atom is -0.365 e. The van der Waals surface area contributed by atoms with Crippen molar-refractivity contribution in [2.75, 3.05) is 31.1 Å². The lowest BCUT2D eigenvalue weighted by atomic mass is 10.1. The number of morpholine rings is 1. The molecule has 1 saturated heterocycles. The van der Waals surface area contributed by atoms with E-state index in [1.165, 1.54) is 16.5 Å². The van der Waals surface area contributed by atoms with Gasteiger partial charge in [-0.25, -0.2) is 9.37 Å². The predicted molar refractivity (Wildman–Crippen MR) is 89.6 cm³/mol. The maximum Gasteiger partial charge on any atom is 0.253 e. The van der Waals surface area contributed by atoms with Gasteiger partial charge in [0.2, 0.25) is 0 Å². The van der Waals surface area contributed by atoms with Crippen LogP contribution in [0.1, 0.15) is 10.4 Å². The molecule has 7 heteroatoms. The van der Waals surface area contributed by atoms with Gasteiger partial charge in [0.1, 0.15) is 0 Å². The summed E-state index contributed by atoms with van der Waals surface area (Å²) in [5.74, 6) is -0.100. The van der Waals surface area contributed by atoms with E-state index < -0.39 is 6.10 Å². The van der Waals surface area contributed by atoms with E-state index in [9.17, 15) is 9.18 Å². The van der Waals surface area contributed by atoms with Gasteiger partial charge in [0.25, 0.3) is 5.91 Å². The third kappa shape index (κ3) is 2.89. The van der Waals surface area contributed by atoms with Crippen LogP contribution in [-0.2, 0) is 22.5 Å². The van der Waals surface area contributed by atoms with Crippen LogP contribution in [0.5, 0.6) is 0 Å². The van der Waals surface area contributed by atoms with Gasteiger partial charge in [-0.15, -0.1) is 11.3 Å². The van der Waals surface area contributed by atoms with Gasteiger partial charge in [0, 0.05) is 30.7 Å². The lowest BCUT2D eigenvalue weighted by Gasteiger charge is -2.36. The first kappa shape index (κ1) is 15.5. The van der Waals surface area contributed by atoms with Crippen LogP contribution in [0.25, 0.3) is 0 Å². The van der Waals surface area contributed by atoms with Crippen molar-refractivity contribution >= 4 is 23.1 Å². The first-order valence-corrected chi connectivity index (χ1v) is 8.91. The Bertz CT molecular complexity index is 751. The highest BCUT2D eigenvalue weighted by molar-refractivity contribution is 7.10. The number of amides is 1. The first-order chi connectivity index (χ1) is 11.7. The molecule has 4 rings (SSSR count). The summed E-state index contributed by atoms with van der Waals surface area (Å²) in [6, 6.07) is 5.03. The number of anilines is 1. The molecule has 4 heterocycles. The summed E-state index contributed by atoms with van der Waals surface area (Å²) >= 11 is 1.75. The van der Waals surface area contributed by atoms with Gasteiger partial charge in [0.15, 0.2) is 17.7 Å². The lowest BCUT2D eigenvalue weighted by Crippen LogP contribution is -2.52. The number of pyridine rings is 1. The fourth-order valence-corrected chi connectivity index (χ4v) is 4.13. The summed E-state index contributed by atoms with van der Waals surface area (Å²) in [7, 11) is 0. The number of carbonyl (C=O) groups is 1. The van der Waals surface area contributed by atoms with Gasteiger partial charge >= 0.3 is 0 Å². The van der Waals surface area contributed by atoms with Crippen LogP contribution >= 0.6 is 11.3 Å². The van der Waals surface area contributed by atoms with Crippen LogP contribution in [0, 0.1) is 5.82 Å². The number of ether oxygens (including phenoxy) is 1. The van der Waals surface area contributed by atoms with Crippen LogP contribution in [0.3, 0.4) is 0 Å². The highest BCUT2D eigenvalue weighted by Gasteiger charge is 2.33. The van der Waals surface area contributed by atoms with Gasteiger partial charge in [-0.1, -0.05) is 0 Å². The van der Waals surface area contributed by atoms with Crippen LogP contribution in [0.2, 0.25) is 0 Å². The molecule has 24 heavy (non-hydrogen) atoms. The van der Waals surface area contributed by atoms with Crippen molar-refractivity contribution in [2.45, 2.75) is 19.1 Å². The molecule has 2 aromatic heterocycles. The molecule has 2 aliphatic heterocycles. The van der Waals surface area contributed by atoms with Gasteiger partial charge in [-0.05, 0) is 35.6 Å². The van der Waals surface area contributed by atoms with E-state index in [0.29, 0.717) is 32.8 Å². The number of fused-ring (bicyclic) bond motifs is 1. The van der Waals surface area contributed by atoms with Crippen LogP contribution in [-0.4, -0.2) is 48.1 Å². The lowest BCUT2D eigenvalue weighted by molar-refractivity contribution is -0.145. The zero-order chi connectivity index (χ0) is 16.5. The zero-order valence-electron chi connectivity index (χ0n) is 13.2. The Labute approximate surface area is 143 Å². The molecule has 1 fully saturated rings. The van der Waals surface area contributed by atoms with Crippen molar-refractivity contribution in [3.8, 4) is 0 Å². The number of rotatable bonds is 2. The van der Waals surface area contributed by atoms with Crippen molar-refractivity contribution in [1.29, 1.82) is 0 Å². The SMILES string of the molecule is O=C(C1CN(c2ncccc2F)CCO1)N1CCc2sccc2C1. The topological polar surface area (TPSA) is 45.7 Å². The highest BCUT2D eigenvalue weighted by Crippen LogP contribution is 2.25. The fraction of sp³-hybridized carbons (Fsp3) is 0.412. The van der Waals surface area contributed by atoms with Gasteiger partial charge < -0.3 is 14.5 Å². The summed E-state index contributed by atoms with van der Waals surface area (Å²) in [5, 5.41) is 2.07. The molecule has 0 spiro atoms. The quantitative estimate of drug-likeness (QED) is 0.834. The number of nitrogens with zero attached hydrogens (tertiary/aromatic N) is 3.